The van der Waals surface area contributed by atoms with Crippen molar-refractivity contribution in [2.45, 2.75) is 25.4 Å². The molecule has 0 amide bonds. The van der Waals surface area contributed by atoms with Gasteiger partial charge in [-0.3, -0.25) is 10.1 Å². The molecule has 1 aliphatic rings. The molecule has 2 unspecified atom stereocenters. The molecule has 1 aromatic heterocycles. The Labute approximate surface area is 157 Å². The number of H-pyrrole nitrogens is 1. The number of rotatable bonds is 5. The molecule has 4 rings (SSSR count). The maximum Gasteiger partial charge on any atom is 0.321 e. The summed E-state index contributed by atoms with van der Waals surface area (Å²) >= 11 is 0. The quantitative estimate of drug-likeness (QED) is 0.645. The summed E-state index contributed by atoms with van der Waals surface area (Å²) in [5, 5.41) is 14.0. The van der Waals surface area contributed by atoms with E-state index in [-0.39, 0.29) is 6.04 Å². The van der Waals surface area contributed by atoms with Gasteiger partial charge in [0.15, 0.2) is 11.5 Å². The van der Waals surface area contributed by atoms with Gasteiger partial charge in [-0.2, -0.15) is 0 Å². The number of carboxylic acid groups (broad SMARTS) is 1. The number of aromatic nitrogens is 1. The lowest BCUT2D eigenvalue weighted by Crippen LogP contribution is -2.45. The van der Waals surface area contributed by atoms with Gasteiger partial charge in [0.2, 0.25) is 0 Å². The first-order chi connectivity index (χ1) is 13.1. The fourth-order valence-electron chi connectivity index (χ4n) is 3.86. The third-order valence-corrected chi connectivity index (χ3v) is 5.04. The van der Waals surface area contributed by atoms with Crippen LogP contribution in [0.4, 0.5) is 0 Å². The van der Waals surface area contributed by atoms with Crippen molar-refractivity contribution in [1.82, 2.24) is 10.3 Å². The van der Waals surface area contributed by atoms with Crippen molar-refractivity contribution < 1.29 is 19.4 Å². The van der Waals surface area contributed by atoms with Gasteiger partial charge in [0.1, 0.15) is 6.04 Å². The van der Waals surface area contributed by atoms with Crippen molar-refractivity contribution in [2.24, 2.45) is 0 Å². The number of nitrogens with one attached hydrogen (secondary N) is 2. The number of methoxy groups -OCH3 is 1. The maximum atomic E-state index is 11.8. The molecular formula is C21H22N2O4. The van der Waals surface area contributed by atoms with E-state index >= 15 is 0 Å². The molecule has 6 heteroatoms. The van der Waals surface area contributed by atoms with Crippen molar-refractivity contribution in [2.75, 3.05) is 13.7 Å². The van der Waals surface area contributed by atoms with Crippen LogP contribution in [0.25, 0.3) is 10.9 Å². The van der Waals surface area contributed by atoms with Gasteiger partial charge in [0.25, 0.3) is 0 Å². The highest BCUT2D eigenvalue weighted by Crippen LogP contribution is 2.41. The number of fused-ring (bicyclic) bond motifs is 3. The molecular weight excluding hydrogens is 344 g/mol. The lowest BCUT2D eigenvalue weighted by atomic mass is 9.90. The summed E-state index contributed by atoms with van der Waals surface area (Å²) in [7, 11) is 1.60. The van der Waals surface area contributed by atoms with E-state index in [9.17, 15) is 9.90 Å². The van der Waals surface area contributed by atoms with Crippen molar-refractivity contribution in [3.05, 3.63) is 59.3 Å². The van der Waals surface area contributed by atoms with E-state index in [1.54, 1.807) is 7.11 Å². The predicted octanol–water partition coefficient (Wildman–Crippen LogP) is 3.26. The molecule has 2 atom stereocenters. The van der Waals surface area contributed by atoms with E-state index in [0.717, 1.165) is 27.7 Å². The Balaban J connectivity index is 1.92. The molecule has 0 saturated carbocycles. The van der Waals surface area contributed by atoms with Crippen LogP contribution in [0.15, 0.2) is 42.5 Å². The fraction of sp³-hybridized carbons (Fsp3) is 0.286. The zero-order valence-corrected chi connectivity index (χ0v) is 15.3. The summed E-state index contributed by atoms with van der Waals surface area (Å²) in [6.45, 7) is 2.40. The van der Waals surface area contributed by atoms with Crippen LogP contribution in [0, 0.1) is 0 Å². The van der Waals surface area contributed by atoms with E-state index in [1.807, 2.05) is 49.4 Å². The van der Waals surface area contributed by atoms with Crippen LogP contribution in [-0.4, -0.2) is 35.8 Å². The van der Waals surface area contributed by atoms with Gasteiger partial charge < -0.3 is 19.6 Å². The minimum atomic E-state index is -0.864. The van der Waals surface area contributed by atoms with E-state index in [1.165, 1.54) is 0 Å². The number of aliphatic carboxylic acids is 1. The highest BCUT2D eigenvalue weighted by Gasteiger charge is 2.35. The molecule has 0 bridgehead atoms. The number of benzene rings is 2. The van der Waals surface area contributed by atoms with Crippen molar-refractivity contribution in [1.29, 1.82) is 0 Å². The SMILES string of the molecule is CCOc1c(OC)cccc1C1NC(C(=O)O)Cc2c1[nH]c1ccccc21. The number of para-hydroxylation sites is 2. The zero-order chi connectivity index (χ0) is 19.0. The van der Waals surface area contributed by atoms with Gasteiger partial charge in [0, 0.05) is 28.6 Å². The third kappa shape index (κ3) is 2.92. The Morgan fingerprint density at radius 1 is 1.22 bits per heavy atom. The van der Waals surface area contributed by atoms with Crippen molar-refractivity contribution >= 4 is 16.9 Å². The molecule has 0 fully saturated rings. The van der Waals surface area contributed by atoms with E-state index < -0.39 is 12.0 Å². The van der Waals surface area contributed by atoms with Gasteiger partial charge in [-0.15, -0.1) is 0 Å². The van der Waals surface area contributed by atoms with Crippen LogP contribution in [0.2, 0.25) is 0 Å². The van der Waals surface area contributed by atoms with Crippen molar-refractivity contribution in [3.8, 4) is 11.5 Å². The van der Waals surface area contributed by atoms with Crippen LogP contribution in [0.5, 0.6) is 11.5 Å². The lowest BCUT2D eigenvalue weighted by molar-refractivity contribution is -0.139. The topological polar surface area (TPSA) is 83.6 Å². The molecule has 6 nitrogen and oxygen atoms in total. The summed E-state index contributed by atoms with van der Waals surface area (Å²) in [4.78, 5) is 15.3. The minimum absolute atomic E-state index is 0.334. The van der Waals surface area contributed by atoms with Gasteiger partial charge in [-0.1, -0.05) is 30.3 Å². The monoisotopic (exact) mass is 366 g/mol. The highest BCUT2D eigenvalue weighted by molar-refractivity contribution is 5.87. The van der Waals surface area contributed by atoms with Gasteiger partial charge in [-0.25, -0.2) is 0 Å². The molecule has 0 radical (unpaired) electrons. The summed E-state index contributed by atoms with van der Waals surface area (Å²) in [6.07, 6.45) is 0.430. The average Bonchev–Trinajstić information content (AvgIpc) is 3.06. The fourth-order valence-corrected chi connectivity index (χ4v) is 3.86. The molecule has 0 spiro atoms. The molecule has 2 aromatic carbocycles. The number of ether oxygens (including phenoxy) is 2. The second-order valence-electron chi connectivity index (χ2n) is 6.57. The third-order valence-electron chi connectivity index (χ3n) is 5.04. The molecule has 2 heterocycles. The van der Waals surface area contributed by atoms with Gasteiger partial charge in [0.05, 0.1) is 19.8 Å². The molecule has 0 saturated heterocycles. The van der Waals surface area contributed by atoms with Crippen LogP contribution >= 0.6 is 0 Å². The first-order valence-corrected chi connectivity index (χ1v) is 9.02. The smallest absolute Gasteiger partial charge is 0.321 e. The van der Waals surface area contributed by atoms with E-state index in [4.69, 9.17) is 9.47 Å². The standard InChI is InChI=1S/C21H22N2O4/c1-3-27-20-13(8-6-10-17(20)26-2)18-19-14(11-16(23-18)21(24)25)12-7-4-5-9-15(12)22-19/h4-10,16,18,22-23H,3,11H2,1-2H3,(H,24,25). The van der Waals surface area contributed by atoms with Crippen LogP contribution in [-0.2, 0) is 11.2 Å². The molecule has 27 heavy (non-hydrogen) atoms. The second kappa shape index (κ2) is 6.96. The number of carboxylic acids is 1. The molecule has 3 N–H and O–H groups in total. The summed E-state index contributed by atoms with van der Waals surface area (Å²) in [5.41, 5.74) is 3.87. The molecule has 0 aliphatic carbocycles. The highest BCUT2D eigenvalue weighted by atomic mass is 16.5. The molecule has 1 aliphatic heterocycles. The van der Waals surface area contributed by atoms with Crippen LogP contribution in [0.1, 0.15) is 29.8 Å². The number of aromatic amines is 1. The van der Waals surface area contributed by atoms with E-state index in [2.05, 4.69) is 10.3 Å². The van der Waals surface area contributed by atoms with Gasteiger partial charge in [-0.05, 0) is 24.6 Å². The predicted molar refractivity (Wildman–Crippen MR) is 103 cm³/mol. The van der Waals surface area contributed by atoms with E-state index in [0.29, 0.717) is 24.5 Å². The maximum absolute atomic E-state index is 11.8. The van der Waals surface area contributed by atoms with Crippen LogP contribution in [0.3, 0.4) is 0 Å². The second-order valence-corrected chi connectivity index (χ2v) is 6.57. The summed E-state index contributed by atoms with van der Waals surface area (Å²) < 4.78 is 11.3. The Hall–Kier alpha value is -2.99. The van der Waals surface area contributed by atoms with Crippen LogP contribution < -0.4 is 14.8 Å². The average molecular weight is 366 g/mol. The first-order valence-electron chi connectivity index (χ1n) is 9.02. The summed E-state index contributed by atoms with van der Waals surface area (Å²) in [6, 6.07) is 12.7. The Morgan fingerprint density at radius 2 is 2.04 bits per heavy atom. The Morgan fingerprint density at radius 3 is 2.78 bits per heavy atom. The zero-order valence-electron chi connectivity index (χ0n) is 15.3. The Kier molecular flexibility index (Phi) is 4.49. The Bertz CT molecular complexity index is 995. The summed E-state index contributed by atoms with van der Waals surface area (Å²) in [5.74, 6) is 0.402. The van der Waals surface area contributed by atoms with Gasteiger partial charge >= 0.3 is 5.97 Å². The first kappa shape index (κ1) is 17.4. The number of carbonyl (C=O) groups is 1. The largest absolute Gasteiger partial charge is 0.493 e. The normalized spacial score (nSPS) is 18.9. The minimum Gasteiger partial charge on any atom is -0.493 e. The number of hydrogen-bond acceptors (Lipinski definition) is 4. The molecule has 3 aromatic rings. The van der Waals surface area contributed by atoms with Crippen molar-refractivity contribution in [3.63, 3.8) is 0 Å². The molecule has 140 valence electrons. The number of hydrogen-bond donors (Lipinski definition) is 3. The lowest BCUT2D eigenvalue weighted by Gasteiger charge is -2.30.